The lowest BCUT2D eigenvalue weighted by Gasteiger charge is -2.13. The first-order valence-electron chi connectivity index (χ1n) is 8.26. The second-order valence-corrected chi connectivity index (χ2v) is 6.15. The van der Waals surface area contributed by atoms with E-state index in [0.717, 1.165) is 5.56 Å². The van der Waals surface area contributed by atoms with Crippen molar-refractivity contribution in [1.29, 1.82) is 0 Å². The highest BCUT2D eigenvalue weighted by atomic mass is 32.1. The van der Waals surface area contributed by atoms with Gasteiger partial charge in [0.1, 0.15) is 5.82 Å². The standard InChI is InChI=1S/C19H22FN3O3S/c1-12-4-6-14(11-15(12)20)18(24)22-23-19(27)21-9-8-13-5-7-16(25-2)17(10-13)26-3/h4-7,10-11H,8-9H2,1-3H3,(H,22,24)(H2,21,23,27). The molecule has 144 valence electrons. The summed E-state index contributed by atoms with van der Waals surface area (Å²) in [4.78, 5) is 12.0. The third-order valence-corrected chi connectivity index (χ3v) is 4.12. The normalized spacial score (nSPS) is 10.1. The quantitative estimate of drug-likeness (QED) is 0.519. The van der Waals surface area contributed by atoms with Gasteiger partial charge in [-0.3, -0.25) is 15.6 Å². The van der Waals surface area contributed by atoms with Crippen LogP contribution >= 0.6 is 12.2 Å². The van der Waals surface area contributed by atoms with Crippen molar-refractivity contribution in [2.45, 2.75) is 13.3 Å². The Morgan fingerprint density at radius 3 is 2.48 bits per heavy atom. The van der Waals surface area contributed by atoms with Crippen LogP contribution in [0.5, 0.6) is 11.5 Å². The predicted molar refractivity (Wildman–Crippen MR) is 106 cm³/mol. The van der Waals surface area contributed by atoms with E-state index >= 15 is 0 Å². The van der Waals surface area contributed by atoms with Crippen molar-refractivity contribution in [3.63, 3.8) is 0 Å². The fraction of sp³-hybridized carbons (Fsp3) is 0.263. The number of hydrogen-bond donors (Lipinski definition) is 3. The number of ether oxygens (including phenoxy) is 2. The molecule has 6 nitrogen and oxygen atoms in total. The first-order chi connectivity index (χ1) is 12.9. The number of amides is 1. The monoisotopic (exact) mass is 391 g/mol. The highest BCUT2D eigenvalue weighted by Crippen LogP contribution is 2.27. The summed E-state index contributed by atoms with van der Waals surface area (Å²) in [7, 11) is 3.17. The third-order valence-electron chi connectivity index (χ3n) is 3.87. The number of rotatable bonds is 6. The predicted octanol–water partition coefficient (Wildman–Crippen LogP) is 2.50. The van der Waals surface area contributed by atoms with E-state index < -0.39 is 11.7 Å². The van der Waals surface area contributed by atoms with Gasteiger partial charge in [0.25, 0.3) is 5.91 Å². The molecule has 0 bridgehead atoms. The Morgan fingerprint density at radius 1 is 1.07 bits per heavy atom. The van der Waals surface area contributed by atoms with Crippen molar-refractivity contribution in [3.8, 4) is 11.5 Å². The van der Waals surface area contributed by atoms with Crippen LogP contribution in [0.15, 0.2) is 36.4 Å². The minimum atomic E-state index is -0.474. The molecule has 8 heteroatoms. The minimum Gasteiger partial charge on any atom is -0.493 e. The van der Waals surface area contributed by atoms with Crippen molar-refractivity contribution in [2.24, 2.45) is 0 Å². The highest BCUT2D eigenvalue weighted by molar-refractivity contribution is 7.80. The summed E-state index contributed by atoms with van der Waals surface area (Å²) < 4.78 is 24.0. The van der Waals surface area contributed by atoms with Crippen LogP contribution < -0.4 is 25.6 Å². The maximum absolute atomic E-state index is 13.5. The van der Waals surface area contributed by atoms with Crippen molar-refractivity contribution in [1.82, 2.24) is 16.2 Å². The van der Waals surface area contributed by atoms with E-state index in [1.54, 1.807) is 33.3 Å². The molecule has 0 aliphatic carbocycles. The molecule has 0 aliphatic rings. The Kier molecular flexibility index (Phi) is 7.36. The van der Waals surface area contributed by atoms with Gasteiger partial charge in [0, 0.05) is 12.1 Å². The number of thiocarbonyl (C=S) groups is 1. The molecule has 27 heavy (non-hydrogen) atoms. The van der Waals surface area contributed by atoms with Crippen LogP contribution in [-0.4, -0.2) is 31.8 Å². The molecule has 3 N–H and O–H groups in total. The van der Waals surface area contributed by atoms with Crippen LogP contribution in [0.25, 0.3) is 0 Å². The van der Waals surface area contributed by atoms with Crippen molar-refractivity contribution in [3.05, 3.63) is 58.9 Å². The molecule has 0 radical (unpaired) electrons. The van der Waals surface area contributed by atoms with Gasteiger partial charge in [-0.2, -0.15) is 0 Å². The zero-order chi connectivity index (χ0) is 19.8. The largest absolute Gasteiger partial charge is 0.493 e. The number of carbonyl (C=O) groups is 1. The number of aryl methyl sites for hydroxylation is 1. The van der Waals surface area contributed by atoms with Gasteiger partial charge >= 0.3 is 0 Å². The number of benzene rings is 2. The summed E-state index contributed by atoms with van der Waals surface area (Å²) in [5.41, 5.74) is 6.76. The van der Waals surface area contributed by atoms with Gasteiger partial charge in [-0.25, -0.2) is 4.39 Å². The van der Waals surface area contributed by atoms with Crippen molar-refractivity contribution >= 4 is 23.2 Å². The second-order valence-electron chi connectivity index (χ2n) is 5.74. The number of methoxy groups -OCH3 is 2. The number of hydrazine groups is 1. The average molecular weight is 391 g/mol. The van der Waals surface area contributed by atoms with Gasteiger partial charge in [-0.15, -0.1) is 0 Å². The lowest BCUT2D eigenvalue weighted by atomic mass is 10.1. The average Bonchev–Trinajstić information content (AvgIpc) is 2.68. The molecule has 2 aromatic rings. The summed E-state index contributed by atoms with van der Waals surface area (Å²) in [5, 5.41) is 3.24. The molecule has 0 spiro atoms. The molecule has 2 rings (SSSR count). The molecule has 0 aromatic heterocycles. The topological polar surface area (TPSA) is 71.6 Å². The fourth-order valence-corrected chi connectivity index (χ4v) is 2.47. The lowest BCUT2D eigenvalue weighted by molar-refractivity contribution is 0.0943. The highest BCUT2D eigenvalue weighted by Gasteiger charge is 2.08. The van der Waals surface area contributed by atoms with Crippen LogP contribution in [0.2, 0.25) is 0 Å². The number of carbonyl (C=O) groups excluding carboxylic acids is 1. The van der Waals surface area contributed by atoms with E-state index in [-0.39, 0.29) is 10.7 Å². The zero-order valence-corrected chi connectivity index (χ0v) is 16.2. The SMILES string of the molecule is COc1ccc(CCNC(=S)NNC(=O)c2ccc(C)c(F)c2)cc1OC. The van der Waals surface area contributed by atoms with Crippen LogP contribution in [0.1, 0.15) is 21.5 Å². The molecule has 0 saturated heterocycles. The Labute approximate surface area is 163 Å². The third kappa shape index (κ3) is 5.82. The molecule has 2 aromatic carbocycles. The van der Waals surface area contributed by atoms with Crippen LogP contribution in [0.3, 0.4) is 0 Å². The van der Waals surface area contributed by atoms with Crippen LogP contribution in [0.4, 0.5) is 4.39 Å². The summed E-state index contributed by atoms with van der Waals surface area (Å²) in [6, 6.07) is 9.94. The maximum atomic E-state index is 13.5. The molecule has 0 unspecified atom stereocenters. The van der Waals surface area contributed by atoms with Crippen molar-refractivity contribution < 1.29 is 18.7 Å². The van der Waals surface area contributed by atoms with Crippen LogP contribution in [0, 0.1) is 12.7 Å². The maximum Gasteiger partial charge on any atom is 0.269 e. The molecular formula is C19H22FN3O3S. The van der Waals surface area contributed by atoms with Gasteiger partial charge in [0.15, 0.2) is 16.6 Å². The molecule has 0 fully saturated rings. The second kappa shape index (κ2) is 9.72. The summed E-state index contributed by atoms with van der Waals surface area (Å²) in [5.74, 6) is 0.422. The molecular weight excluding hydrogens is 369 g/mol. The summed E-state index contributed by atoms with van der Waals surface area (Å²) >= 11 is 5.12. The molecule has 0 saturated carbocycles. The van der Waals surface area contributed by atoms with Gasteiger partial charge in [0.2, 0.25) is 0 Å². The molecule has 0 aliphatic heterocycles. The van der Waals surface area contributed by atoms with E-state index in [9.17, 15) is 9.18 Å². The van der Waals surface area contributed by atoms with Crippen LogP contribution in [-0.2, 0) is 6.42 Å². The Bertz CT molecular complexity index is 830. The minimum absolute atomic E-state index is 0.207. The molecule has 0 atom stereocenters. The van der Waals surface area contributed by atoms with Crippen molar-refractivity contribution in [2.75, 3.05) is 20.8 Å². The van der Waals surface area contributed by atoms with Gasteiger partial charge in [-0.1, -0.05) is 12.1 Å². The van der Waals surface area contributed by atoms with E-state index in [1.807, 2.05) is 18.2 Å². The first kappa shape index (κ1) is 20.4. The Morgan fingerprint density at radius 2 is 1.81 bits per heavy atom. The van der Waals surface area contributed by atoms with E-state index in [1.165, 1.54) is 6.07 Å². The Balaban J connectivity index is 1.77. The summed E-state index contributed by atoms with van der Waals surface area (Å²) in [6.07, 6.45) is 0.694. The number of hydrogen-bond acceptors (Lipinski definition) is 4. The molecule has 1 amide bonds. The van der Waals surface area contributed by atoms with E-state index in [4.69, 9.17) is 21.7 Å². The zero-order valence-electron chi connectivity index (χ0n) is 15.4. The van der Waals surface area contributed by atoms with E-state index in [0.29, 0.717) is 30.0 Å². The van der Waals surface area contributed by atoms with Gasteiger partial charge in [0.05, 0.1) is 14.2 Å². The van der Waals surface area contributed by atoms with E-state index in [2.05, 4.69) is 16.2 Å². The Hall–Kier alpha value is -2.87. The smallest absolute Gasteiger partial charge is 0.269 e. The van der Waals surface area contributed by atoms with Gasteiger partial charge in [-0.05, 0) is 61.0 Å². The molecule has 0 heterocycles. The summed E-state index contributed by atoms with van der Waals surface area (Å²) in [6.45, 7) is 2.18. The fourth-order valence-electron chi connectivity index (χ4n) is 2.32. The van der Waals surface area contributed by atoms with Gasteiger partial charge < -0.3 is 14.8 Å². The first-order valence-corrected chi connectivity index (χ1v) is 8.66. The lowest BCUT2D eigenvalue weighted by Crippen LogP contribution is -2.47. The number of halogens is 1. The number of nitrogens with one attached hydrogen (secondary N) is 3.